The molecule has 0 aromatic heterocycles. The van der Waals surface area contributed by atoms with Crippen molar-refractivity contribution in [3.05, 3.63) is 29.3 Å². The second-order valence-corrected chi connectivity index (χ2v) is 6.37. The summed E-state index contributed by atoms with van der Waals surface area (Å²) in [5.74, 6) is 0.509. The van der Waals surface area contributed by atoms with Crippen LogP contribution in [0, 0.1) is 6.92 Å². The number of hydrogen-bond acceptors (Lipinski definition) is 4. The zero-order valence-corrected chi connectivity index (χ0v) is 13.2. The summed E-state index contributed by atoms with van der Waals surface area (Å²) in [4.78, 5) is 0. The van der Waals surface area contributed by atoms with Crippen molar-refractivity contribution < 1.29 is 14.0 Å². The molecule has 0 aliphatic carbocycles. The molecule has 0 saturated carbocycles. The molecule has 20 heavy (non-hydrogen) atoms. The van der Waals surface area contributed by atoms with E-state index in [1.807, 2.05) is 52.8 Å². The first-order chi connectivity index (χ1) is 9.18. The largest absolute Gasteiger partial charge is 0.497 e. The number of aryl methyl sites for hydroxylation is 1. The fourth-order valence-electron chi connectivity index (χ4n) is 2.33. The summed E-state index contributed by atoms with van der Waals surface area (Å²) in [5, 5.41) is 0. The number of methoxy groups -OCH3 is 1. The minimum Gasteiger partial charge on any atom is -0.497 e. The van der Waals surface area contributed by atoms with Gasteiger partial charge in [-0.1, -0.05) is 6.07 Å². The second-order valence-electron chi connectivity index (χ2n) is 6.37. The molecule has 1 heterocycles. The van der Waals surface area contributed by atoms with Crippen molar-refractivity contribution in [2.45, 2.75) is 51.8 Å². The summed E-state index contributed by atoms with van der Waals surface area (Å²) in [7, 11) is 1.22. The SMILES string of the molecule is COc1ccc([C@@H](N)B2OC(C)(C)C(C)(C)O2)c(C)c1. The molecule has 110 valence electrons. The highest BCUT2D eigenvalue weighted by atomic mass is 16.7. The highest BCUT2D eigenvalue weighted by Crippen LogP contribution is 2.40. The number of hydrogen-bond donors (Lipinski definition) is 1. The molecule has 5 heteroatoms. The Hall–Kier alpha value is -1.04. The van der Waals surface area contributed by atoms with E-state index in [2.05, 4.69) is 0 Å². The highest BCUT2D eigenvalue weighted by Gasteiger charge is 2.53. The van der Waals surface area contributed by atoms with Gasteiger partial charge in [-0.25, -0.2) is 0 Å². The highest BCUT2D eigenvalue weighted by molar-refractivity contribution is 6.47. The summed E-state index contributed by atoms with van der Waals surface area (Å²) < 4.78 is 17.2. The minimum atomic E-state index is -0.438. The van der Waals surface area contributed by atoms with Gasteiger partial charge in [-0.15, -0.1) is 0 Å². The van der Waals surface area contributed by atoms with Crippen molar-refractivity contribution in [1.29, 1.82) is 0 Å². The van der Waals surface area contributed by atoms with Crippen LogP contribution in [-0.2, 0) is 9.31 Å². The predicted octanol–water partition coefficient (Wildman–Crippen LogP) is 2.63. The second kappa shape index (κ2) is 5.06. The minimum absolute atomic E-state index is 0.318. The van der Waals surface area contributed by atoms with E-state index in [1.54, 1.807) is 7.11 Å². The van der Waals surface area contributed by atoms with Gasteiger partial charge >= 0.3 is 7.12 Å². The zero-order valence-electron chi connectivity index (χ0n) is 13.2. The van der Waals surface area contributed by atoms with Gasteiger partial charge in [0.05, 0.1) is 24.3 Å². The molecule has 2 N–H and O–H groups in total. The van der Waals surface area contributed by atoms with Crippen LogP contribution in [0.2, 0.25) is 0 Å². The number of rotatable bonds is 3. The molecule has 0 unspecified atom stereocenters. The molecule has 0 bridgehead atoms. The molecule has 2 rings (SSSR count). The Morgan fingerprint density at radius 1 is 1.15 bits per heavy atom. The summed E-state index contributed by atoms with van der Waals surface area (Å²) >= 11 is 0. The first kappa shape index (κ1) is 15.4. The summed E-state index contributed by atoms with van der Waals surface area (Å²) in [6.45, 7) is 10.1. The topological polar surface area (TPSA) is 53.7 Å². The van der Waals surface area contributed by atoms with E-state index in [1.165, 1.54) is 0 Å². The number of nitrogens with two attached hydrogens (primary N) is 1. The van der Waals surface area contributed by atoms with E-state index in [0.29, 0.717) is 0 Å². The van der Waals surface area contributed by atoms with E-state index in [-0.39, 0.29) is 17.1 Å². The van der Waals surface area contributed by atoms with E-state index < -0.39 is 7.12 Å². The maximum atomic E-state index is 6.34. The van der Waals surface area contributed by atoms with Gasteiger partial charge in [-0.3, -0.25) is 0 Å². The first-order valence-corrected chi connectivity index (χ1v) is 6.94. The average molecular weight is 277 g/mol. The van der Waals surface area contributed by atoms with E-state index >= 15 is 0 Å². The van der Waals surface area contributed by atoms with Crippen LogP contribution in [0.25, 0.3) is 0 Å². The predicted molar refractivity (Wildman–Crippen MR) is 80.7 cm³/mol. The molecular weight excluding hydrogens is 253 g/mol. The van der Waals surface area contributed by atoms with Gasteiger partial charge in [0.2, 0.25) is 0 Å². The number of benzene rings is 1. The lowest BCUT2D eigenvalue weighted by Crippen LogP contribution is -2.41. The molecule has 0 spiro atoms. The molecule has 1 atom stereocenters. The van der Waals surface area contributed by atoms with Crippen molar-refractivity contribution in [1.82, 2.24) is 0 Å². The normalized spacial score (nSPS) is 21.9. The maximum Gasteiger partial charge on any atom is 0.480 e. The van der Waals surface area contributed by atoms with Crippen molar-refractivity contribution in [2.24, 2.45) is 5.73 Å². The van der Waals surface area contributed by atoms with Gasteiger partial charge in [0.1, 0.15) is 5.75 Å². The van der Waals surface area contributed by atoms with Crippen molar-refractivity contribution in [3.8, 4) is 5.75 Å². The molecule has 1 saturated heterocycles. The lowest BCUT2D eigenvalue weighted by molar-refractivity contribution is 0.00578. The van der Waals surface area contributed by atoms with Crippen molar-refractivity contribution in [3.63, 3.8) is 0 Å². The van der Waals surface area contributed by atoms with Crippen molar-refractivity contribution >= 4 is 7.12 Å². The zero-order chi connectivity index (χ0) is 15.1. The Morgan fingerprint density at radius 2 is 1.70 bits per heavy atom. The molecule has 1 aromatic carbocycles. The van der Waals surface area contributed by atoms with Gasteiger partial charge < -0.3 is 19.8 Å². The van der Waals surface area contributed by atoms with Gasteiger partial charge in [0, 0.05) is 0 Å². The van der Waals surface area contributed by atoms with Crippen LogP contribution < -0.4 is 10.5 Å². The Labute approximate surface area is 121 Å². The van der Waals surface area contributed by atoms with Crippen LogP contribution >= 0.6 is 0 Å². The maximum absolute atomic E-state index is 6.34. The van der Waals surface area contributed by atoms with Gasteiger partial charge in [-0.05, 0) is 57.9 Å². The van der Waals surface area contributed by atoms with Gasteiger partial charge in [0.25, 0.3) is 0 Å². The quantitative estimate of drug-likeness (QED) is 0.863. The lowest BCUT2D eigenvalue weighted by atomic mass is 9.73. The summed E-state index contributed by atoms with van der Waals surface area (Å²) in [6.07, 6.45) is 0. The fraction of sp³-hybridized carbons (Fsp3) is 0.600. The standard InChI is InChI=1S/C15H24BNO3/c1-10-9-11(18-6)7-8-12(10)13(17)16-19-14(2,3)15(4,5)20-16/h7-9,13H,17H2,1-6H3/t13-/m1/s1. The third-order valence-electron chi connectivity index (χ3n) is 4.40. The summed E-state index contributed by atoms with van der Waals surface area (Å²) in [6, 6.07) is 5.86. The molecule has 1 aromatic rings. The van der Waals surface area contributed by atoms with Gasteiger partial charge in [-0.2, -0.15) is 0 Å². The molecule has 1 aliphatic rings. The van der Waals surface area contributed by atoms with E-state index in [9.17, 15) is 0 Å². The van der Waals surface area contributed by atoms with E-state index in [4.69, 9.17) is 19.8 Å². The molecular formula is C15H24BNO3. The Morgan fingerprint density at radius 3 is 2.15 bits per heavy atom. The monoisotopic (exact) mass is 277 g/mol. The third-order valence-corrected chi connectivity index (χ3v) is 4.40. The van der Waals surface area contributed by atoms with Crippen LogP contribution in [0.4, 0.5) is 0 Å². The van der Waals surface area contributed by atoms with Crippen LogP contribution in [-0.4, -0.2) is 25.4 Å². The Kier molecular flexibility index (Phi) is 3.89. The van der Waals surface area contributed by atoms with E-state index in [0.717, 1.165) is 16.9 Å². The van der Waals surface area contributed by atoms with Gasteiger partial charge in [0.15, 0.2) is 0 Å². The van der Waals surface area contributed by atoms with Crippen LogP contribution in [0.15, 0.2) is 18.2 Å². The Balaban J connectivity index is 2.23. The van der Waals surface area contributed by atoms with Crippen LogP contribution in [0.3, 0.4) is 0 Å². The third kappa shape index (κ3) is 2.58. The molecule has 0 amide bonds. The molecule has 0 radical (unpaired) electrons. The van der Waals surface area contributed by atoms with Crippen LogP contribution in [0.1, 0.15) is 44.8 Å². The molecule has 1 fully saturated rings. The number of ether oxygens (including phenoxy) is 1. The fourth-order valence-corrected chi connectivity index (χ4v) is 2.33. The average Bonchev–Trinajstić information content (AvgIpc) is 2.57. The Bertz CT molecular complexity index is 486. The smallest absolute Gasteiger partial charge is 0.480 e. The molecule has 1 aliphatic heterocycles. The summed E-state index contributed by atoms with van der Waals surface area (Å²) in [5.41, 5.74) is 7.71. The van der Waals surface area contributed by atoms with Crippen LogP contribution in [0.5, 0.6) is 5.75 Å². The lowest BCUT2D eigenvalue weighted by Gasteiger charge is -2.32. The molecule has 4 nitrogen and oxygen atoms in total. The first-order valence-electron chi connectivity index (χ1n) is 6.94. The van der Waals surface area contributed by atoms with Crippen molar-refractivity contribution in [2.75, 3.05) is 7.11 Å².